The number of sulfonamides is 1. The molecule has 1 aliphatic rings. The Labute approximate surface area is 130 Å². The highest BCUT2D eigenvalue weighted by Crippen LogP contribution is 2.22. The van der Waals surface area contributed by atoms with Crippen LogP contribution in [-0.2, 0) is 10.0 Å². The lowest BCUT2D eigenvalue weighted by atomic mass is 9.99. The Morgan fingerprint density at radius 2 is 2.24 bits per heavy atom. The van der Waals surface area contributed by atoms with Crippen molar-refractivity contribution in [1.29, 1.82) is 0 Å². The summed E-state index contributed by atoms with van der Waals surface area (Å²) >= 11 is 5.92. The normalized spacial score (nSPS) is 22.1. The summed E-state index contributed by atoms with van der Waals surface area (Å²) < 4.78 is 22.4. The summed E-state index contributed by atoms with van der Waals surface area (Å²) in [4.78, 5) is 2.09. The minimum Gasteiger partial charge on any atom is -0.387 e. The smallest absolute Gasteiger partial charge is 0.209 e. The summed E-state index contributed by atoms with van der Waals surface area (Å²) in [5.74, 6) is 0.0526. The van der Waals surface area contributed by atoms with E-state index in [4.69, 9.17) is 16.7 Å². The molecule has 7 heteroatoms. The summed E-state index contributed by atoms with van der Waals surface area (Å²) in [6, 6.07) is 7.15. The van der Waals surface area contributed by atoms with Gasteiger partial charge in [0.2, 0.25) is 10.0 Å². The average molecular weight is 333 g/mol. The fraction of sp³-hybridized carbons (Fsp3) is 0.571. The molecule has 0 spiro atoms. The van der Waals surface area contributed by atoms with Gasteiger partial charge in [0.15, 0.2) is 0 Å². The van der Waals surface area contributed by atoms with Gasteiger partial charge < -0.3 is 10.0 Å². The number of likely N-dealkylation sites (tertiary alicyclic amines) is 1. The molecule has 0 radical (unpaired) electrons. The SMILES string of the molecule is NS(=O)(=O)C[C@@H]1CCCN(C[C@H](O)c2cccc(Cl)c2)C1. The zero-order chi connectivity index (χ0) is 15.5. The topological polar surface area (TPSA) is 83.6 Å². The highest BCUT2D eigenvalue weighted by molar-refractivity contribution is 7.89. The zero-order valence-corrected chi connectivity index (χ0v) is 13.4. The first-order valence-corrected chi connectivity index (χ1v) is 9.09. The molecule has 0 amide bonds. The average Bonchev–Trinajstić information content (AvgIpc) is 2.37. The number of benzene rings is 1. The van der Waals surface area contributed by atoms with Crippen LogP contribution in [0.1, 0.15) is 24.5 Å². The van der Waals surface area contributed by atoms with Crippen molar-refractivity contribution in [2.75, 3.05) is 25.4 Å². The predicted octanol–water partition coefficient (Wildman–Crippen LogP) is 1.37. The van der Waals surface area contributed by atoms with Crippen LogP contribution in [0.25, 0.3) is 0 Å². The maximum atomic E-state index is 11.2. The Morgan fingerprint density at radius 3 is 2.90 bits per heavy atom. The van der Waals surface area contributed by atoms with Gasteiger partial charge in [-0.15, -0.1) is 0 Å². The van der Waals surface area contributed by atoms with Gasteiger partial charge in [0, 0.05) is 18.1 Å². The minimum absolute atomic E-state index is 0.0107. The number of aliphatic hydroxyl groups excluding tert-OH is 1. The highest BCUT2D eigenvalue weighted by Gasteiger charge is 2.25. The van der Waals surface area contributed by atoms with E-state index in [0.717, 1.165) is 24.9 Å². The molecule has 0 aliphatic carbocycles. The summed E-state index contributed by atoms with van der Waals surface area (Å²) in [7, 11) is -3.44. The molecular weight excluding hydrogens is 312 g/mol. The molecule has 1 aliphatic heterocycles. The van der Waals surface area contributed by atoms with Crippen LogP contribution in [0.3, 0.4) is 0 Å². The Morgan fingerprint density at radius 1 is 1.48 bits per heavy atom. The van der Waals surface area contributed by atoms with Gasteiger partial charge in [0.25, 0.3) is 0 Å². The second kappa shape index (κ2) is 7.07. The van der Waals surface area contributed by atoms with E-state index >= 15 is 0 Å². The lowest BCUT2D eigenvalue weighted by Crippen LogP contribution is -2.41. The lowest BCUT2D eigenvalue weighted by molar-refractivity contribution is 0.0880. The summed E-state index contributed by atoms with van der Waals surface area (Å²) in [5, 5.41) is 16.0. The molecule has 1 saturated heterocycles. The molecule has 5 nitrogen and oxygen atoms in total. The van der Waals surface area contributed by atoms with Crippen LogP contribution < -0.4 is 5.14 Å². The van der Waals surface area contributed by atoms with Crippen molar-refractivity contribution in [2.24, 2.45) is 11.1 Å². The summed E-state index contributed by atoms with van der Waals surface area (Å²) in [6.07, 6.45) is 1.15. The minimum atomic E-state index is -3.44. The van der Waals surface area contributed by atoms with Crippen molar-refractivity contribution in [3.63, 3.8) is 0 Å². The Balaban J connectivity index is 1.93. The van der Waals surface area contributed by atoms with Gasteiger partial charge in [0.1, 0.15) is 0 Å². The molecule has 2 rings (SSSR count). The molecule has 2 atom stereocenters. The van der Waals surface area contributed by atoms with Crippen molar-refractivity contribution in [1.82, 2.24) is 4.90 Å². The summed E-state index contributed by atoms with van der Waals surface area (Å²) in [5.41, 5.74) is 0.774. The maximum absolute atomic E-state index is 11.2. The van der Waals surface area contributed by atoms with Crippen LogP contribution in [-0.4, -0.2) is 43.8 Å². The van der Waals surface area contributed by atoms with Gasteiger partial charge in [-0.25, -0.2) is 13.6 Å². The second-order valence-electron chi connectivity index (χ2n) is 5.67. The van der Waals surface area contributed by atoms with Crippen molar-refractivity contribution in [3.05, 3.63) is 34.9 Å². The van der Waals surface area contributed by atoms with E-state index in [0.29, 0.717) is 18.1 Å². The van der Waals surface area contributed by atoms with Gasteiger partial charge in [-0.05, 0) is 43.0 Å². The first kappa shape index (κ1) is 16.7. The molecule has 21 heavy (non-hydrogen) atoms. The van der Waals surface area contributed by atoms with Gasteiger partial charge in [-0.1, -0.05) is 23.7 Å². The van der Waals surface area contributed by atoms with Crippen LogP contribution in [0.4, 0.5) is 0 Å². The van der Waals surface area contributed by atoms with Gasteiger partial charge in [-0.3, -0.25) is 0 Å². The largest absolute Gasteiger partial charge is 0.387 e. The molecule has 0 aromatic heterocycles. The molecule has 1 aromatic rings. The first-order valence-electron chi connectivity index (χ1n) is 7.00. The van der Waals surface area contributed by atoms with Gasteiger partial charge in [0.05, 0.1) is 11.9 Å². The van der Waals surface area contributed by atoms with E-state index in [-0.39, 0.29) is 11.7 Å². The fourth-order valence-electron chi connectivity index (χ4n) is 2.85. The quantitative estimate of drug-likeness (QED) is 0.853. The molecule has 118 valence electrons. The van der Waals surface area contributed by atoms with Crippen molar-refractivity contribution >= 4 is 21.6 Å². The third kappa shape index (κ3) is 5.56. The molecular formula is C14H21ClN2O3S. The van der Waals surface area contributed by atoms with E-state index in [9.17, 15) is 13.5 Å². The fourth-order valence-corrected chi connectivity index (χ4v) is 3.97. The van der Waals surface area contributed by atoms with Gasteiger partial charge in [-0.2, -0.15) is 0 Å². The number of aliphatic hydroxyl groups is 1. The lowest BCUT2D eigenvalue weighted by Gasteiger charge is -2.33. The van der Waals surface area contributed by atoms with E-state index in [2.05, 4.69) is 4.90 Å². The van der Waals surface area contributed by atoms with Crippen LogP contribution in [0.2, 0.25) is 5.02 Å². The monoisotopic (exact) mass is 332 g/mol. The number of β-amino-alcohol motifs (C(OH)–C–C–N with tert-alkyl or cyclic N) is 1. The predicted molar refractivity (Wildman–Crippen MR) is 83.6 cm³/mol. The van der Waals surface area contributed by atoms with E-state index in [1.54, 1.807) is 18.2 Å². The Hall–Kier alpha value is -0.660. The molecule has 1 fully saturated rings. The number of primary sulfonamides is 1. The number of halogens is 1. The number of hydrogen-bond acceptors (Lipinski definition) is 4. The van der Waals surface area contributed by atoms with Crippen LogP contribution in [0, 0.1) is 5.92 Å². The Kier molecular flexibility index (Phi) is 5.62. The first-order chi connectivity index (χ1) is 9.83. The van der Waals surface area contributed by atoms with Crippen LogP contribution >= 0.6 is 11.6 Å². The molecule has 0 bridgehead atoms. The number of nitrogens with zero attached hydrogens (tertiary/aromatic N) is 1. The maximum Gasteiger partial charge on any atom is 0.209 e. The third-order valence-corrected chi connectivity index (χ3v) is 4.91. The van der Waals surface area contributed by atoms with Crippen molar-refractivity contribution in [3.8, 4) is 0 Å². The van der Waals surface area contributed by atoms with Crippen LogP contribution in [0.5, 0.6) is 0 Å². The number of piperidine rings is 1. The van der Waals surface area contributed by atoms with Crippen LogP contribution in [0.15, 0.2) is 24.3 Å². The molecule has 1 aromatic carbocycles. The highest BCUT2D eigenvalue weighted by atomic mass is 35.5. The van der Waals surface area contributed by atoms with E-state index in [1.807, 2.05) is 6.07 Å². The molecule has 0 unspecified atom stereocenters. The molecule has 0 saturated carbocycles. The zero-order valence-electron chi connectivity index (χ0n) is 11.8. The Bertz CT molecular complexity index is 579. The van der Waals surface area contributed by atoms with Gasteiger partial charge >= 0.3 is 0 Å². The molecule has 3 N–H and O–H groups in total. The summed E-state index contributed by atoms with van der Waals surface area (Å²) in [6.45, 7) is 1.98. The number of hydrogen-bond donors (Lipinski definition) is 2. The standard InChI is InChI=1S/C14H21ClN2O3S/c15-13-5-1-4-12(7-13)14(18)9-17-6-2-3-11(8-17)10-21(16,19)20/h1,4-5,7,11,14,18H,2-3,6,8-10H2,(H2,16,19,20)/t11-,14+/m1/s1. The van der Waals surface area contributed by atoms with Crippen molar-refractivity contribution in [2.45, 2.75) is 18.9 Å². The van der Waals surface area contributed by atoms with Crippen molar-refractivity contribution < 1.29 is 13.5 Å². The number of nitrogens with two attached hydrogens (primary N) is 1. The van der Waals surface area contributed by atoms with E-state index < -0.39 is 16.1 Å². The van der Waals surface area contributed by atoms with E-state index in [1.165, 1.54) is 0 Å². The number of rotatable bonds is 5. The molecule has 1 heterocycles. The second-order valence-corrected chi connectivity index (χ2v) is 7.76. The third-order valence-electron chi connectivity index (χ3n) is 3.74.